The molecule has 1 aromatic heterocycles. The molecule has 0 aliphatic heterocycles. The first-order valence-corrected chi connectivity index (χ1v) is 7.17. The van der Waals surface area contributed by atoms with Gasteiger partial charge in [0, 0.05) is 15.5 Å². The van der Waals surface area contributed by atoms with Crippen molar-refractivity contribution in [1.82, 2.24) is 4.98 Å². The summed E-state index contributed by atoms with van der Waals surface area (Å²) < 4.78 is 4.93. The third-order valence-corrected chi connectivity index (χ3v) is 3.78. The Morgan fingerprint density at radius 2 is 2.05 bits per heavy atom. The Morgan fingerprint density at radius 3 is 2.68 bits per heavy atom. The maximum absolute atomic E-state index is 11.4. The smallest absolute Gasteiger partial charge is 0.312 e. The molecule has 0 aliphatic rings. The molecule has 100 valence electrons. The maximum atomic E-state index is 11.4. The van der Waals surface area contributed by atoms with Gasteiger partial charge in [0.15, 0.2) is 0 Å². The monoisotopic (exact) mass is 295 g/mol. The molecule has 0 unspecified atom stereocenters. The number of halogens is 1. The van der Waals surface area contributed by atoms with Crippen LogP contribution in [-0.4, -0.2) is 17.6 Å². The SMILES string of the molecule is CCOC(=O)Cc1nc(-c2ccc(Cl)cc2)c(C)s1. The van der Waals surface area contributed by atoms with E-state index >= 15 is 0 Å². The first-order valence-electron chi connectivity index (χ1n) is 5.98. The molecule has 2 aromatic rings. The van der Waals surface area contributed by atoms with Gasteiger partial charge in [-0.3, -0.25) is 4.79 Å². The fourth-order valence-electron chi connectivity index (χ4n) is 1.74. The van der Waals surface area contributed by atoms with Gasteiger partial charge in [0.05, 0.1) is 18.7 Å². The number of aryl methyl sites for hydroxylation is 1. The van der Waals surface area contributed by atoms with Crippen LogP contribution in [0.4, 0.5) is 0 Å². The second-order valence-corrected chi connectivity index (χ2v) is 5.73. The minimum Gasteiger partial charge on any atom is -0.466 e. The van der Waals surface area contributed by atoms with E-state index in [0.29, 0.717) is 11.6 Å². The van der Waals surface area contributed by atoms with Crippen LogP contribution in [0.5, 0.6) is 0 Å². The van der Waals surface area contributed by atoms with Crippen LogP contribution in [-0.2, 0) is 16.0 Å². The lowest BCUT2D eigenvalue weighted by Gasteiger charge is -1.99. The lowest BCUT2D eigenvalue weighted by Crippen LogP contribution is -2.07. The second kappa shape index (κ2) is 6.17. The normalized spacial score (nSPS) is 10.5. The fourth-order valence-corrected chi connectivity index (χ4v) is 2.80. The van der Waals surface area contributed by atoms with Crippen molar-refractivity contribution in [2.75, 3.05) is 6.61 Å². The summed E-state index contributed by atoms with van der Waals surface area (Å²) in [7, 11) is 0. The molecule has 0 aliphatic carbocycles. The number of rotatable bonds is 4. The summed E-state index contributed by atoms with van der Waals surface area (Å²) in [6.07, 6.45) is 0.229. The number of ether oxygens (including phenoxy) is 1. The molecule has 0 amide bonds. The van der Waals surface area contributed by atoms with Gasteiger partial charge in [-0.1, -0.05) is 23.7 Å². The topological polar surface area (TPSA) is 39.2 Å². The third kappa shape index (κ3) is 3.55. The standard InChI is InChI=1S/C14H14ClNO2S/c1-3-18-13(17)8-12-16-14(9(2)19-12)10-4-6-11(15)7-5-10/h4-7H,3,8H2,1-2H3. The van der Waals surface area contributed by atoms with E-state index < -0.39 is 0 Å². The number of carbonyl (C=O) groups excluding carboxylic acids is 1. The van der Waals surface area contributed by atoms with Crippen molar-refractivity contribution in [2.24, 2.45) is 0 Å². The second-order valence-electron chi connectivity index (χ2n) is 4.00. The largest absolute Gasteiger partial charge is 0.466 e. The Labute approximate surface area is 121 Å². The number of esters is 1. The van der Waals surface area contributed by atoms with Crippen molar-refractivity contribution in [1.29, 1.82) is 0 Å². The highest BCUT2D eigenvalue weighted by Crippen LogP contribution is 2.28. The van der Waals surface area contributed by atoms with Crippen LogP contribution in [0.2, 0.25) is 5.02 Å². The molecule has 1 aromatic carbocycles. The molecule has 1 heterocycles. The van der Waals surface area contributed by atoms with Crippen molar-refractivity contribution in [3.8, 4) is 11.3 Å². The van der Waals surface area contributed by atoms with Crippen LogP contribution in [0.3, 0.4) is 0 Å². The van der Waals surface area contributed by atoms with Gasteiger partial charge < -0.3 is 4.74 Å². The van der Waals surface area contributed by atoms with Crippen molar-refractivity contribution in [3.63, 3.8) is 0 Å². The average Bonchev–Trinajstić information content (AvgIpc) is 2.71. The lowest BCUT2D eigenvalue weighted by molar-refractivity contribution is -0.142. The summed E-state index contributed by atoms with van der Waals surface area (Å²) in [6, 6.07) is 7.53. The predicted octanol–water partition coefficient (Wildman–Crippen LogP) is 3.88. The Balaban J connectivity index is 2.21. The van der Waals surface area contributed by atoms with E-state index in [2.05, 4.69) is 4.98 Å². The zero-order valence-corrected chi connectivity index (χ0v) is 12.3. The molecular weight excluding hydrogens is 282 g/mol. The fraction of sp³-hybridized carbons (Fsp3) is 0.286. The molecule has 0 spiro atoms. The molecule has 5 heteroatoms. The molecule has 2 rings (SSSR count). The van der Waals surface area contributed by atoms with Gasteiger partial charge in [-0.25, -0.2) is 4.98 Å². The summed E-state index contributed by atoms with van der Waals surface area (Å²) >= 11 is 7.39. The van der Waals surface area contributed by atoms with E-state index in [0.717, 1.165) is 21.1 Å². The molecule has 0 N–H and O–H groups in total. The molecule has 0 bridgehead atoms. The van der Waals surface area contributed by atoms with Crippen LogP contribution in [0.1, 0.15) is 16.8 Å². The van der Waals surface area contributed by atoms with Gasteiger partial charge >= 0.3 is 5.97 Å². The predicted molar refractivity (Wildman–Crippen MR) is 77.6 cm³/mol. The Kier molecular flexibility index (Phi) is 4.56. The van der Waals surface area contributed by atoms with Gasteiger partial charge in [0.2, 0.25) is 0 Å². The van der Waals surface area contributed by atoms with Gasteiger partial charge in [-0.05, 0) is 26.0 Å². The summed E-state index contributed by atoms with van der Waals surface area (Å²) in [5, 5.41) is 1.48. The molecule has 3 nitrogen and oxygen atoms in total. The number of thiazole rings is 1. The summed E-state index contributed by atoms with van der Waals surface area (Å²) in [5.74, 6) is -0.237. The number of carbonyl (C=O) groups is 1. The van der Waals surface area contributed by atoms with Crippen LogP contribution < -0.4 is 0 Å². The maximum Gasteiger partial charge on any atom is 0.312 e. The van der Waals surface area contributed by atoms with Crippen LogP contribution >= 0.6 is 22.9 Å². The van der Waals surface area contributed by atoms with Crippen molar-refractivity contribution >= 4 is 28.9 Å². The molecule has 0 fully saturated rings. The van der Waals surface area contributed by atoms with Crippen molar-refractivity contribution in [2.45, 2.75) is 20.3 Å². The first-order chi connectivity index (χ1) is 9.10. The highest BCUT2D eigenvalue weighted by molar-refractivity contribution is 7.12. The number of hydrogen-bond donors (Lipinski definition) is 0. The molecule has 19 heavy (non-hydrogen) atoms. The van der Waals surface area contributed by atoms with Crippen LogP contribution in [0.25, 0.3) is 11.3 Å². The zero-order chi connectivity index (χ0) is 13.8. The Morgan fingerprint density at radius 1 is 1.37 bits per heavy atom. The van der Waals surface area contributed by atoms with Crippen molar-refractivity contribution < 1.29 is 9.53 Å². The highest BCUT2D eigenvalue weighted by atomic mass is 35.5. The average molecular weight is 296 g/mol. The summed E-state index contributed by atoms with van der Waals surface area (Å²) in [4.78, 5) is 17.0. The Hall–Kier alpha value is -1.39. The first kappa shape index (κ1) is 14.0. The number of aromatic nitrogens is 1. The highest BCUT2D eigenvalue weighted by Gasteiger charge is 2.13. The van der Waals surface area contributed by atoms with E-state index in [9.17, 15) is 4.79 Å². The Bertz CT molecular complexity index is 578. The van der Waals surface area contributed by atoms with Crippen molar-refractivity contribution in [3.05, 3.63) is 39.2 Å². The molecule has 0 saturated carbocycles. The lowest BCUT2D eigenvalue weighted by atomic mass is 10.1. The van der Waals surface area contributed by atoms with E-state index in [-0.39, 0.29) is 12.4 Å². The van der Waals surface area contributed by atoms with E-state index in [1.807, 2.05) is 31.2 Å². The van der Waals surface area contributed by atoms with Gasteiger partial charge in [-0.15, -0.1) is 11.3 Å². The minimum atomic E-state index is -0.237. The van der Waals surface area contributed by atoms with Gasteiger partial charge in [0.25, 0.3) is 0 Å². The van der Waals surface area contributed by atoms with Crippen LogP contribution in [0, 0.1) is 6.92 Å². The molecule has 0 atom stereocenters. The number of benzene rings is 1. The summed E-state index contributed by atoms with van der Waals surface area (Å²) in [6.45, 7) is 4.19. The number of hydrogen-bond acceptors (Lipinski definition) is 4. The third-order valence-electron chi connectivity index (χ3n) is 2.56. The minimum absolute atomic E-state index is 0.229. The van der Waals surface area contributed by atoms with E-state index in [1.54, 1.807) is 6.92 Å². The quantitative estimate of drug-likeness (QED) is 0.804. The summed E-state index contributed by atoms with van der Waals surface area (Å²) in [5.41, 5.74) is 1.91. The van der Waals surface area contributed by atoms with Gasteiger partial charge in [0.1, 0.15) is 5.01 Å². The molecule has 0 radical (unpaired) electrons. The van der Waals surface area contributed by atoms with Gasteiger partial charge in [-0.2, -0.15) is 0 Å². The zero-order valence-electron chi connectivity index (χ0n) is 10.8. The molecule has 0 saturated heterocycles. The van der Waals surface area contributed by atoms with Crippen LogP contribution in [0.15, 0.2) is 24.3 Å². The van der Waals surface area contributed by atoms with E-state index in [4.69, 9.17) is 16.3 Å². The number of nitrogens with zero attached hydrogens (tertiary/aromatic N) is 1. The molecular formula is C14H14ClNO2S. The van der Waals surface area contributed by atoms with E-state index in [1.165, 1.54) is 11.3 Å².